The maximum absolute atomic E-state index is 5.45. The van der Waals surface area contributed by atoms with E-state index in [2.05, 4.69) is 235 Å². The van der Waals surface area contributed by atoms with E-state index in [0.29, 0.717) is 11.6 Å². The van der Waals surface area contributed by atoms with Gasteiger partial charge in [0.05, 0.1) is 11.0 Å². The summed E-state index contributed by atoms with van der Waals surface area (Å²) in [6.07, 6.45) is 9.44. The van der Waals surface area contributed by atoms with Crippen LogP contribution in [0.2, 0.25) is 0 Å². The Hall–Kier alpha value is -8.51. The zero-order chi connectivity index (χ0) is 45.0. The number of rotatable bonds is 8. The molecule has 68 heavy (non-hydrogen) atoms. The molecule has 9 aromatic carbocycles. The van der Waals surface area contributed by atoms with Crippen molar-refractivity contribution in [2.75, 3.05) is 0 Å². The first-order valence-electron chi connectivity index (χ1n) is 23.2. The zero-order valence-corrected chi connectivity index (χ0v) is 37.8. The monoisotopic (exact) mass is 886 g/mol. The van der Waals surface area contributed by atoms with Gasteiger partial charge in [0.15, 0.2) is 11.6 Å². The van der Waals surface area contributed by atoms with E-state index in [4.69, 9.17) is 15.0 Å². The molecular weight excluding hydrogens is 845 g/mol. The lowest BCUT2D eigenvalue weighted by Gasteiger charge is -2.19. The van der Waals surface area contributed by atoms with Gasteiger partial charge < -0.3 is 4.57 Å². The second-order valence-electron chi connectivity index (χ2n) is 17.4. The summed E-state index contributed by atoms with van der Waals surface area (Å²) in [6.45, 7) is 0. The fourth-order valence-corrected chi connectivity index (χ4v) is 11.4. The predicted molar refractivity (Wildman–Crippen MR) is 285 cm³/mol. The largest absolute Gasteiger partial charge is 0.309 e. The van der Waals surface area contributed by atoms with E-state index in [1.165, 1.54) is 42.0 Å². The van der Waals surface area contributed by atoms with Gasteiger partial charge in [0.25, 0.3) is 0 Å². The van der Waals surface area contributed by atoms with Gasteiger partial charge in [0, 0.05) is 59.2 Å². The Morgan fingerprint density at radius 2 is 1.04 bits per heavy atom. The van der Waals surface area contributed by atoms with Crippen molar-refractivity contribution >= 4 is 53.3 Å². The third-order valence-electron chi connectivity index (χ3n) is 13.4. The lowest BCUT2D eigenvalue weighted by Crippen LogP contribution is -2.08. The standard InChI is InChI=1S/C63H42N4S/c1-6-20-41(21-7-1)47-31-18-32-48(42-22-8-2-9-23-42)59(47)45-36-37-49(55(38-45)63-65-61(43-24-10-3-11-25-43)64-62(66-63)44-26-12-4-13-27-44)51-33-19-34-52-54-39-57-53(40-58(54)68-60(51)52)50-30-16-17-35-56(50)67(57)46-28-14-5-15-29-46/h1-26,28-40,44H,27H2. The predicted octanol–water partition coefficient (Wildman–Crippen LogP) is 16.9. The number of nitrogens with zero attached hydrogens (tertiary/aromatic N) is 4. The number of fused-ring (bicyclic) bond motifs is 6. The normalized spacial score (nSPS) is 13.6. The average molecular weight is 887 g/mol. The van der Waals surface area contributed by atoms with E-state index < -0.39 is 0 Å². The molecule has 320 valence electrons. The second-order valence-corrected chi connectivity index (χ2v) is 18.5. The van der Waals surface area contributed by atoms with Crippen LogP contribution < -0.4 is 0 Å². The minimum atomic E-state index is 0.0212. The van der Waals surface area contributed by atoms with Crippen molar-refractivity contribution < 1.29 is 0 Å². The minimum absolute atomic E-state index is 0.0212. The lowest BCUT2D eigenvalue weighted by molar-refractivity contribution is 0.764. The Morgan fingerprint density at radius 3 is 1.76 bits per heavy atom. The summed E-state index contributed by atoms with van der Waals surface area (Å²) in [5, 5.41) is 4.97. The Morgan fingerprint density at radius 1 is 0.412 bits per heavy atom. The number of allylic oxidation sites excluding steroid dienone is 4. The summed E-state index contributed by atoms with van der Waals surface area (Å²) < 4.78 is 4.89. The van der Waals surface area contributed by atoms with E-state index in [0.717, 1.165) is 73.6 Å². The van der Waals surface area contributed by atoms with E-state index >= 15 is 0 Å². The Balaban J connectivity index is 1.09. The summed E-state index contributed by atoms with van der Waals surface area (Å²) in [5.41, 5.74) is 14.6. The highest BCUT2D eigenvalue weighted by Gasteiger charge is 2.24. The van der Waals surface area contributed by atoms with Gasteiger partial charge in [-0.2, -0.15) is 0 Å². The van der Waals surface area contributed by atoms with Crippen molar-refractivity contribution in [3.8, 4) is 73.0 Å². The summed E-state index contributed by atoms with van der Waals surface area (Å²) in [6, 6.07) is 76.5. The van der Waals surface area contributed by atoms with E-state index in [9.17, 15) is 0 Å². The number of hydrogen-bond donors (Lipinski definition) is 0. The molecule has 1 unspecified atom stereocenters. The number of aromatic nitrogens is 4. The van der Waals surface area contributed by atoms with Crippen molar-refractivity contribution in [1.29, 1.82) is 0 Å². The first-order valence-corrected chi connectivity index (χ1v) is 24.0. The number of benzene rings is 9. The summed E-state index contributed by atoms with van der Waals surface area (Å²) >= 11 is 1.86. The first-order chi connectivity index (χ1) is 33.7. The van der Waals surface area contributed by atoms with Crippen LogP contribution in [-0.4, -0.2) is 19.5 Å². The molecule has 1 aliphatic rings. The fourth-order valence-electron chi connectivity index (χ4n) is 10.2. The molecule has 0 saturated carbocycles. The molecule has 0 spiro atoms. The minimum Gasteiger partial charge on any atom is -0.309 e. The van der Waals surface area contributed by atoms with Crippen molar-refractivity contribution in [1.82, 2.24) is 19.5 Å². The Labute approximate surface area is 398 Å². The molecule has 0 bridgehead atoms. The van der Waals surface area contributed by atoms with Crippen molar-refractivity contribution in [2.45, 2.75) is 12.3 Å². The number of hydrogen-bond acceptors (Lipinski definition) is 4. The summed E-state index contributed by atoms with van der Waals surface area (Å²) in [4.78, 5) is 16.0. The maximum atomic E-state index is 5.45. The molecule has 0 aliphatic heterocycles. The van der Waals surface area contributed by atoms with Crippen LogP contribution in [0.25, 0.3) is 115 Å². The topological polar surface area (TPSA) is 43.6 Å². The molecule has 0 saturated heterocycles. The molecule has 12 aromatic rings. The SMILES string of the molecule is C1=CCC(c2nc(-c3ccccc3)nc(-c3cc(-c4c(-c5ccccc5)cccc4-c4ccccc4)ccc3-c3cccc4c3sc3cc5c6ccccc6n(-c6ccccc6)c5cc34)n2)C=C1. The van der Waals surface area contributed by atoms with Crippen LogP contribution in [0.15, 0.2) is 237 Å². The van der Waals surface area contributed by atoms with Crippen LogP contribution in [-0.2, 0) is 0 Å². The maximum Gasteiger partial charge on any atom is 0.164 e. The van der Waals surface area contributed by atoms with Gasteiger partial charge in [-0.3, -0.25) is 0 Å². The summed E-state index contributed by atoms with van der Waals surface area (Å²) in [7, 11) is 0. The molecular formula is C63H42N4S. The van der Waals surface area contributed by atoms with Gasteiger partial charge in [-0.15, -0.1) is 11.3 Å². The van der Waals surface area contributed by atoms with Crippen molar-refractivity contribution in [3.63, 3.8) is 0 Å². The molecule has 3 heterocycles. The zero-order valence-electron chi connectivity index (χ0n) is 37.0. The molecule has 1 aliphatic carbocycles. The fraction of sp³-hybridized carbons (Fsp3) is 0.0317. The highest BCUT2D eigenvalue weighted by Crippen LogP contribution is 2.48. The van der Waals surface area contributed by atoms with Gasteiger partial charge in [0.1, 0.15) is 5.82 Å². The van der Waals surface area contributed by atoms with Crippen LogP contribution in [0, 0.1) is 0 Å². The van der Waals surface area contributed by atoms with Crippen LogP contribution in [0.4, 0.5) is 0 Å². The Bertz CT molecular complexity index is 3870. The highest BCUT2D eigenvalue weighted by molar-refractivity contribution is 7.26. The highest BCUT2D eigenvalue weighted by atomic mass is 32.1. The van der Waals surface area contributed by atoms with Gasteiger partial charge in [-0.05, 0) is 81.8 Å². The van der Waals surface area contributed by atoms with Gasteiger partial charge in [0.2, 0.25) is 0 Å². The smallest absolute Gasteiger partial charge is 0.164 e. The molecule has 4 nitrogen and oxygen atoms in total. The van der Waals surface area contributed by atoms with Gasteiger partial charge >= 0.3 is 0 Å². The van der Waals surface area contributed by atoms with Crippen LogP contribution in [0.3, 0.4) is 0 Å². The van der Waals surface area contributed by atoms with Crippen molar-refractivity contribution in [2.24, 2.45) is 0 Å². The van der Waals surface area contributed by atoms with E-state index in [1.807, 2.05) is 17.4 Å². The molecule has 0 radical (unpaired) electrons. The third-order valence-corrected chi connectivity index (χ3v) is 14.6. The average Bonchev–Trinajstić information content (AvgIpc) is 3.95. The lowest BCUT2D eigenvalue weighted by atomic mass is 9.85. The molecule has 0 fully saturated rings. The number of thiophene rings is 1. The first kappa shape index (κ1) is 39.8. The van der Waals surface area contributed by atoms with Crippen LogP contribution in [0.5, 0.6) is 0 Å². The number of para-hydroxylation sites is 2. The quantitative estimate of drug-likeness (QED) is 0.153. The molecule has 5 heteroatoms. The summed E-state index contributed by atoms with van der Waals surface area (Å²) in [5.74, 6) is 2.10. The van der Waals surface area contributed by atoms with Gasteiger partial charge in [-0.25, -0.2) is 15.0 Å². The third kappa shape index (κ3) is 6.86. The van der Waals surface area contributed by atoms with E-state index in [1.54, 1.807) is 0 Å². The van der Waals surface area contributed by atoms with Crippen LogP contribution in [0.1, 0.15) is 18.2 Å². The molecule has 0 N–H and O–H groups in total. The van der Waals surface area contributed by atoms with Gasteiger partial charge in [-0.1, -0.05) is 200 Å². The molecule has 1 atom stereocenters. The Kier molecular flexibility index (Phi) is 9.80. The molecule has 0 amide bonds. The van der Waals surface area contributed by atoms with Crippen LogP contribution >= 0.6 is 11.3 Å². The molecule has 13 rings (SSSR count). The molecule has 3 aromatic heterocycles. The second kappa shape index (κ2) is 16.7. The van der Waals surface area contributed by atoms with Crippen molar-refractivity contribution in [3.05, 3.63) is 242 Å². The van der Waals surface area contributed by atoms with E-state index in [-0.39, 0.29) is 5.92 Å².